The lowest BCUT2D eigenvalue weighted by Crippen LogP contribution is -2.50. The van der Waals surface area contributed by atoms with Gasteiger partial charge < -0.3 is 19.1 Å². The molecule has 1 N–H and O–H groups in total. The number of carboxylic acid groups (broad SMARTS) is 1. The molecule has 0 saturated heterocycles. The summed E-state index contributed by atoms with van der Waals surface area (Å²) in [5.41, 5.74) is -1.94. The second-order valence-corrected chi connectivity index (χ2v) is 7.83. The average molecular weight is 366 g/mol. The summed E-state index contributed by atoms with van der Waals surface area (Å²) in [6.45, 7) is 9.25. The van der Waals surface area contributed by atoms with Crippen LogP contribution in [0.2, 0.25) is 0 Å². The van der Waals surface area contributed by atoms with Gasteiger partial charge in [0.25, 0.3) is 0 Å². The molecule has 0 fully saturated rings. The molecule has 0 bridgehead atoms. The molecule has 0 aromatic carbocycles. The highest BCUT2D eigenvalue weighted by atomic mass is 32.2. The van der Waals surface area contributed by atoms with Crippen molar-refractivity contribution in [3.63, 3.8) is 0 Å². The van der Waals surface area contributed by atoms with Gasteiger partial charge in [0.05, 0.1) is 11.3 Å². The molecule has 0 spiro atoms. The minimum absolute atomic E-state index is 0.169. The summed E-state index contributed by atoms with van der Waals surface area (Å²) in [4.78, 5) is 35.1. The van der Waals surface area contributed by atoms with Crippen molar-refractivity contribution in [3.05, 3.63) is 0 Å². The third-order valence-corrected chi connectivity index (χ3v) is 3.05. The van der Waals surface area contributed by atoms with Crippen molar-refractivity contribution in [2.75, 3.05) is 0 Å². The standard InChI is InChI=1S/C14H25NO8S/c1-13(2,3)22-11(18)9(7-8-10(16)17)15(24(20)21)12(19)23-14(4,5)6/h9H,7-8H2,1-6H3,(H,16,17)(H,20,21)/p-1/t9-/m0/s1. The van der Waals surface area contributed by atoms with Crippen molar-refractivity contribution in [2.24, 2.45) is 0 Å². The number of carbonyl (C=O) groups excluding carboxylic acids is 2. The van der Waals surface area contributed by atoms with Crippen molar-refractivity contribution < 1.29 is 37.7 Å². The second-order valence-electron chi connectivity index (χ2n) is 7.00. The number of hydrogen-bond donors (Lipinski definition) is 1. The molecule has 0 aromatic heterocycles. The molecule has 0 aliphatic carbocycles. The van der Waals surface area contributed by atoms with E-state index in [-0.39, 0.29) is 4.31 Å². The summed E-state index contributed by atoms with van der Waals surface area (Å²) in [6, 6.07) is -1.63. The van der Waals surface area contributed by atoms with E-state index < -0.39 is 59.4 Å². The maximum atomic E-state index is 12.2. The first kappa shape index (κ1) is 22.3. The van der Waals surface area contributed by atoms with E-state index in [0.717, 1.165) is 0 Å². The van der Waals surface area contributed by atoms with Crippen molar-refractivity contribution >= 4 is 29.3 Å². The van der Waals surface area contributed by atoms with E-state index in [0.29, 0.717) is 0 Å². The zero-order valence-electron chi connectivity index (χ0n) is 14.7. The normalized spacial score (nSPS) is 14.5. The molecular formula is C14H24NO8S-. The van der Waals surface area contributed by atoms with Gasteiger partial charge in [0.15, 0.2) is 0 Å². The van der Waals surface area contributed by atoms with Gasteiger partial charge in [-0.1, -0.05) is 0 Å². The van der Waals surface area contributed by atoms with Gasteiger partial charge in [-0.2, -0.15) is 0 Å². The number of amides is 1. The Hall–Kier alpha value is -1.68. The minimum Gasteiger partial charge on any atom is -0.755 e. The van der Waals surface area contributed by atoms with Crippen molar-refractivity contribution in [2.45, 2.75) is 71.6 Å². The van der Waals surface area contributed by atoms with Gasteiger partial charge in [-0.05, 0) is 48.0 Å². The highest BCUT2D eigenvalue weighted by molar-refractivity contribution is 7.77. The molecule has 1 amide bonds. The number of aliphatic carboxylic acids is 1. The molecule has 0 rings (SSSR count). The van der Waals surface area contributed by atoms with Gasteiger partial charge in [-0.15, -0.1) is 0 Å². The Labute approximate surface area is 143 Å². The molecule has 0 aliphatic rings. The van der Waals surface area contributed by atoms with Crippen LogP contribution >= 0.6 is 0 Å². The molecule has 0 aromatic rings. The fraction of sp³-hybridized carbons (Fsp3) is 0.786. The molecule has 24 heavy (non-hydrogen) atoms. The maximum Gasteiger partial charge on any atom is 0.422 e. The summed E-state index contributed by atoms with van der Waals surface area (Å²) < 4.78 is 33.1. The highest BCUT2D eigenvalue weighted by Gasteiger charge is 2.37. The largest absolute Gasteiger partial charge is 0.755 e. The molecule has 10 heteroatoms. The lowest BCUT2D eigenvalue weighted by molar-refractivity contribution is -0.160. The van der Waals surface area contributed by atoms with E-state index in [2.05, 4.69) is 0 Å². The second kappa shape index (κ2) is 8.43. The lowest BCUT2D eigenvalue weighted by atomic mass is 10.1. The number of nitrogens with zero attached hydrogens (tertiary/aromatic N) is 1. The first-order chi connectivity index (χ1) is 10.6. The fourth-order valence-electron chi connectivity index (χ4n) is 1.56. The van der Waals surface area contributed by atoms with Crippen LogP contribution in [0.3, 0.4) is 0 Å². The van der Waals surface area contributed by atoms with E-state index >= 15 is 0 Å². The number of ether oxygens (including phenoxy) is 2. The van der Waals surface area contributed by atoms with Crippen LogP contribution in [0.25, 0.3) is 0 Å². The Bertz CT molecular complexity index is 506. The van der Waals surface area contributed by atoms with E-state index in [1.807, 2.05) is 0 Å². The number of rotatable bonds is 6. The van der Waals surface area contributed by atoms with E-state index in [4.69, 9.17) is 14.6 Å². The third-order valence-electron chi connectivity index (χ3n) is 2.33. The Kier molecular flexibility index (Phi) is 7.84. The van der Waals surface area contributed by atoms with E-state index in [1.54, 1.807) is 20.8 Å². The van der Waals surface area contributed by atoms with Crippen LogP contribution in [0.4, 0.5) is 4.79 Å². The molecule has 140 valence electrons. The van der Waals surface area contributed by atoms with Gasteiger partial charge in [-0.3, -0.25) is 9.00 Å². The third kappa shape index (κ3) is 8.82. The van der Waals surface area contributed by atoms with Crippen molar-refractivity contribution in [3.8, 4) is 0 Å². The first-order valence-corrected chi connectivity index (χ1v) is 8.23. The predicted molar refractivity (Wildman–Crippen MR) is 83.5 cm³/mol. The maximum absolute atomic E-state index is 12.2. The molecule has 2 atom stereocenters. The first-order valence-electron chi connectivity index (χ1n) is 7.20. The topological polar surface area (TPSA) is 133 Å². The fourth-order valence-corrected chi connectivity index (χ4v) is 2.12. The smallest absolute Gasteiger partial charge is 0.422 e. The predicted octanol–water partition coefficient (Wildman–Crippen LogP) is 1.59. The molecule has 1 unspecified atom stereocenters. The van der Waals surface area contributed by atoms with Gasteiger partial charge in [0.1, 0.15) is 17.2 Å². The summed E-state index contributed by atoms with van der Waals surface area (Å²) in [7, 11) is 0. The number of carboxylic acids is 1. The van der Waals surface area contributed by atoms with Crippen LogP contribution in [0.15, 0.2) is 0 Å². The number of carbonyl (C=O) groups is 3. The Morgan fingerprint density at radius 3 is 1.88 bits per heavy atom. The molecular weight excluding hydrogens is 342 g/mol. The van der Waals surface area contributed by atoms with E-state index in [1.165, 1.54) is 20.8 Å². The van der Waals surface area contributed by atoms with Crippen LogP contribution in [0.5, 0.6) is 0 Å². The van der Waals surface area contributed by atoms with Gasteiger partial charge in [-0.25, -0.2) is 13.9 Å². The zero-order valence-corrected chi connectivity index (χ0v) is 15.5. The monoisotopic (exact) mass is 366 g/mol. The number of esters is 1. The molecule has 0 aliphatic heterocycles. The summed E-state index contributed by atoms with van der Waals surface area (Å²) in [5, 5.41) is 8.78. The van der Waals surface area contributed by atoms with Gasteiger partial charge in [0.2, 0.25) is 0 Å². The Balaban J connectivity index is 5.58. The number of hydrogen-bond acceptors (Lipinski definition) is 7. The van der Waals surface area contributed by atoms with E-state index in [9.17, 15) is 23.1 Å². The quantitative estimate of drug-likeness (QED) is 0.553. The molecule has 0 radical (unpaired) electrons. The van der Waals surface area contributed by atoms with Crippen LogP contribution in [-0.4, -0.2) is 53.4 Å². The van der Waals surface area contributed by atoms with Crippen LogP contribution in [0, 0.1) is 0 Å². The van der Waals surface area contributed by atoms with Gasteiger partial charge >= 0.3 is 18.0 Å². The summed E-state index contributed by atoms with van der Waals surface area (Å²) >= 11 is -3.15. The minimum atomic E-state index is -3.15. The average Bonchev–Trinajstić information content (AvgIpc) is 2.28. The molecule has 0 saturated carbocycles. The molecule has 9 nitrogen and oxygen atoms in total. The zero-order chi connectivity index (χ0) is 19.3. The SMILES string of the molecule is CC(C)(C)OC(=O)[C@H](CCC(=O)O)N(C(=O)OC(C)(C)C)S(=O)[O-]. The summed E-state index contributed by atoms with van der Waals surface area (Å²) in [6.07, 6.45) is -2.24. The summed E-state index contributed by atoms with van der Waals surface area (Å²) in [5.74, 6) is -2.27. The lowest BCUT2D eigenvalue weighted by Gasteiger charge is -2.34. The van der Waals surface area contributed by atoms with Crippen molar-refractivity contribution in [1.82, 2.24) is 4.31 Å². The van der Waals surface area contributed by atoms with Crippen LogP contribution in [0.1, 0.15) is 54.4 Å². The Morgan fingerprint density at radius 2 is 1.54 bits per heavy atom. The van der Waals surface area contributed by atoms with Crippen LogP contribution < -0.4 is 0 Å². The van der Waals surface area contributed by atoms with Gasteiger partial charge in [0, 0.05) is 6.42 Å². The van der Waals surface area contributed by atoms with Crippen LogP contribution in [-0.2, 0) is 30.3 Å². The highest BCUT2D eigenvalue weighted by Crippen LogP contribution is 2.19. The van der Waals surface area contributed by atoms with Crippen molar-refractivity contribution in [1.29, 1.82) is 0 Å². The molecule has 0 heterocycles. The Morgan fingerprint density at radius 1 is 1.08 bits per heavy atom.